The summed E-state index contributed by atoms with van der Waals surface area (Å²) in [5.74, 6) is 0.538. The summed E-state index contributed by atoms with van der Waals surface area (Å²) in [6.45, 7) is 7.75. The second kappa shape index (κ2) is 12.7. The summed E-state index contributed by atoms with van der Waals surface area (Å²) in [5, 5.41) is 11.6. The molecule has 0 bridgehead atoms. The summed E-state index contributed by atoms with van der Waals surface area (Å²) in [6.07, 6.45) is 4.77. The number of rotatable bonds is 12. The van der Waals surface area contributed by atoms with E-state index in [0.29, 0.717) is 23.5 Å². The molecule has 0 amide bonds. The molecule has 1 heterocycles. The van der Waals surface area contributed by atoms with Crippen LogP contribution in [0, 0.1) is 0 Å². The zero-order chi connectivity index (χ0) is 29.7. The summed E-state index contributed by atoms with van der Waals surface area (Å²) < 4.78 is 12.1. The number of carbonyl (C=O) groups is 2. The van der Waals surface area contributed by atoms with Crippen molar-refractivity contribution in [3.8, 4) is 11.5 Å². The topological polar surface area (TPSA) is 76.1 Å². The van der Waals surface area contributed by atoms with E-state index in [2.05, 4.69) is 24.0 Å². The van der Waals surface area contributed by atoms with Gasteiger partial charge in [-0.15, -0.1) is 0 Å². The Bertz CT molecular complexity index is 1580. The minimum absolute atomic E-state index is 0.0296. The van der Waals surface area contributed by atoms with Gasteiger partial charge in [0.15, 0.2) is 11.4 Å². The number of anilines is 1. The Labute approximate surface area is 247 Å². The van der Waals surface area contributed by atoms with E-state index in [-0.39, 0.29) is 5.78 Å². The largest absolute Gasteiger partial charge is 0.493 e. The average molecular weight is 566 g/mol. The third-order valence-corrected chi connectivity index (χ3v) is 7.87. The summed E-state index contributed by atoms with van der Waals surface area (Å²) in [5.41, 5.74) is 3.66. The number of hydrogen-bond donors (Lipinski definition) is 1. The maximum absolute atomic E-state index is 13.0. The lowest BCUT2D eigenvalue weighted by Crippen LogP contribution is -2.38. The lowest BCUT2D eigenvalue weighted by atomic mass is 9.95. The van der Waals surface area contributed by atoms with E-state index in [1.165, 1.54) is 16.8 Å². The average Bonchev–Trinajstić information content (AvgIpc) is 2.99. The Morgan fingerprint density at radius 1 is 0.952 bits per heavy atom. The van der Waals surface area contributed by atoms with Gasteiger partial charge >= 0.3 is 5.97 Å². The fraction of sp³-hybridized carbons (Fsp3) is 0.333. The predicted molar refractivity (Wildman–Crippen MR) is 167 cm³/mol. The molecule has 0 unspecified atom stereocenters. The second-order valence-corrected chi connectivity index (χ2v) is 11.4. The van der Waals surface area contributed by atoms with Crippen molar-refractivity contribution in [2.24, 2.45) is 0 Å². The van der Waals surface area contributed by atoms with Crippen LogP contribution in [0.15, 0.2) is 78.9 Å². The Morgan fingerprint density at radius 3 is 2.52 bits per heavy atom. The van der Waals surface area contributed by atoms with E-state index in [1.807, 2.05) is 66.7 Å². The van der Waals surface area contributed by atoms with Gasteiger partial charge in [-0.25, -0.2) is 4.79 Å². The third-order valence-electron chi connectivity index (χ3n) is 7.87. The number of aliphatic carboxylic acids is 1. The van der Waals surface area contributed by atoms with Crippen LogP contribution >= 0.6 is 0 Å². The highest BCUT2D eigenvalue weighted by Gasteiger charge is 2.30. The van der Waals surface area contributed by atoms with Crippen molar-refractivity contribution in [1.82, 2.24) is 0 Å². The molecule has 42 heavy (non-hydrogen) atoms. The van der Waals surface area contributed by atoms with E-state index >= 15 is 0 Å². The van der Waals surface area contributed by atoms with Crippen molar-refractivity contribution in [3.05, 3.63) is 101 Å². The lowest BCUT2D eigenvalue weighted by Gasteiger charge is -2.32. The van der Waals surface area contributed by atoms with Gasteiger partial charge in [-0.1, -0.05) is 61.9 Å². The lowest BCUT2D eigenvalue weighted by molar-refractivity contribution is -0.152. The number of carboxylic acids is 1. The van der Waals surface area contributed by atoms with Crippen molar-refractivity contribution >= 4 is 28.2 Å². The molecule has 1 aliphatic rings. The number of carboxylic acid groups (broad SMARTS) is 1. The quantitative estimate of drug-likeness (QED) is 0.142. The highest BCUT2D eigenvalue weighted by atomic mass is 16.5. The van der Waals surface area contributed by atoms with E-state index in [9.17, 15) is 14.7 Å². The molecule has 0 fully saturated rings. The molecular weight excluding hydrogens is 526 g/mol. The minimum atomic E-state index is -1.28. The molecule has 0 aromatic heterocycles. The van der Waals surface area contributed by atoms with Crippen LogP contribution in [0.25, 0.3) is 10.8 Å². The molecule has 0 saturated heterocycles. The van der Waals surface area contributed by atoms with Gasteiger partial charge in [0.1, 0.15) is 11.5 Å². The van der Waals surface area contributed by atoms with Crippen molar-refractivity contribution in [1.29, 1.82) is 0 Å². The molecule has 4 aromatic carbocycles. The van der Waals surface area contributed by atoms with E-state index < -0.39 is 11.6 Å². The predicted octanol–water partition coefficient (Wildman–Crippen LogP) is 7.49. The van der Waals surface area contributed by atoms with Crippen LogP contribution in [0.3, 0.4) is 0 Å². The zero-order valence-electron chi connectivity index (χ0n) is 24.7. The number of fused-ring (bicyclic) bond motifs is 2. The molecule has 0 aliphatic carbocycles. The normalized spacial score (nSPS) is 13.1. The molecule has 6 heteroatoms. The monoisotopic (exact) mass is 565 g/mol. The van der Waals surface area contributed by atoms with Crippen LogP contribution in [0.1, 0.15) is 67.1 Å². The van der Waals surface area contributed by atoms with Crippen LogP contribution in [-0.2, 0) is 17.6 Å². The first-order valence-corrected chi connectivity index (χ1v) is 14.9. The zero-order valence-corrected chi connectivity index (χ0v) is 24.7. The van der Waals surface area contributed by atoms with Crippen molar-refractivity contribution in [3.63, 3.8) is 0 Å². The van der Waals surface area contributed by atoms with Crippen molar-refractivity contribution in [2.45, 2.75) is 58.5 Å². The number of hydrogen-bond acceptors (Lipinski definition) is 5. The van der Waals surface area contributed by atoms with Gasteiger partial charge in [0.05, 0.1) is 6.61 Å². The fourth-order valence-corrected chi connectivity index (χ4v) is 5.64. The molecule has 5 rings (SSSR count). The van der Waals surface area contributed by atoms with Gasteiger partial charge in [0, 0.05) is 35.5 Å². The molecule has 4 aromatic rings. The molecule has 0 spiro atoms. The number of aryl methyl sites for hydroxylation is 2. The minimum Gasteiger partial charge on any atom is -0.493 e. The van der Waals surface area contributed by atoms with E-state index in [4.69, 9.17) is 9.47 Å². The number of carbonyl (C=O) groups excluding carboxylic acids is 1. The van der Waals surface area contributed by atoms with E-state index in [1.54, 1.807) is 13.8 Å². The molecule has 1 aliphatic heterocycles. The van der Waals surface area contributed by atoms with Gasteiger partial charge in [0.2, 0.25) is 0 Å². The highest BCUT2D eigenvalue weighted by molar-refractivity contribution is 6.10. The van der Waals surface area contributed by atoms with Gasteiger partial charge in [-0.05, 0) is 86.2 Å². The molecule has 0 radical (unpaired) electrons. The van der Waals surface area contributed by atoms with Crippen LogP contribution in [0.5, 0.6) is 11.5 Å². The van der Waals surface area contributed by atoms with Crippen LogP contribution in [0.2, 0.25) is 0 Å². The van der Waals surface area contributed by atoms with Crippen molar-refractivity contribution < 1.29 is 24.2 Å². The van der Waals surface area contributed by atoms with Gasteiger partial charge < -0.3 is 19.5 Å². The van der Waals surface area contributed by atoms with Crippen LogP contribution in [-0.4, -0.2) is 42.2 Å². The van der Waals surface area contributed by atoms with E-state index in [0.717, 1.165) is 61.7 Å². The third kappa shape index (κ3) is 6.43. The first-order chi connectivity index (χ1) is 20.3. The smallest absolute Gasteiger partial charge is 0.347 e. The standard InChI is InChI=1S/C36H39NO5/c1-4-10-31-30-17-14-28(34(38)25-11-6-5-7-12-25)23-26(30)15-19-33(31)41-22-9-21-37-20-8-13-27-24-29(16-18-32(27)37)42-36(2,3)35(39)40/h5-7,11-12,14-19,23-24H,4,8-10,13,20-22H2,1-3H3,(H,39,40). The number of ether oxygens (including phenoxy) is 2. The van der Waals surface area contributed by atoms with Gasteiger partial charge in [-0.3, -0.25) is 4.79 Å². The molecule has 6 nitrogen and oxygen atoms in total. The maximum atomic E-state index is 13.0. The summed E-state index contributed by atoms with van der Waals surface area (Å²) in [4.78, 5) is 26.8. The Morgan fingerprint density at radius 2 is 1.76 bits per heavy atom. The first kappa shape index (κ1) is 29.2. The van der Waals surface area contributed by atoms with Gasteiger partial charge in [-0.2, -0.15) is 0 Å². The fourth-order valence-electron chi connectivity index (χ4n) is 5.64. The first-order valence-electron chi connectivity index (χ1n) is 14.9. The molecule has 0 saturated carbocycles. The Balaban J connectivity index is 1.24. The SMILES string of the molecule is CCCc1c(OCCCN2CCCc3cc(OC(C)(C)C(=O)O)ccc32)ccc2cc(C(=O)c3ccccc3)ccc12. The highest BCUT2D eigenvalue weighted by Crippen LogP contribution is 2.33. The Kier molecular flexibility index (Phi) is 8.81. The number of benzene rings is 4. The molecule has 0 atom stereocenters. The number of ketones is 1. The summed E-state index contributed by atoms with van der Waals surface area (Å²) in [7, 11) is 0. The molecule has 218 valence electrons. The second-order valence-electron chi connectivity index (χ2n) is 11.4. The Hall–Kier alpha value is -4.32. The maximum Gasteiger partial charge on any atom is 0.347 e. The van der Waals surface area contributed by atoms with Gasteiger partial charge in [0.25, 0.3) is 0 Å². The van der Waals surface area contributed by atoms with Crippen LogP contribution < -0.4 is 14.4 Å². The van der Waals surface area contributed by atoms with Crippen molar-refractivity contribution in [2.75, 3.05) is 24.6 Å². The summed E-state index contributed by atoms with van der Waals surface area (Å²) >= 11 is 0. The molecular formula is C36H39NO5. The van der Waals surface area contributed by atoms with Crippen LogP contribution in [0.4, 0.5) is 5.69 Å². The number of nitrogens with zero attached hydrogens (tertiary/aromatic N) is 1. The summed E-state index contributed by atoms with van der Waals surface area (Å²) in [6, 6.07) is 25.3. The molecule has 1 N–H and O–H groups in total.